The summed E-state index contributed by atoms with van der Waals surface area (Å²) in [7, 11) is 1.84. The summed E-state index contributed by atoms with van der Waals surface area (Å²) in [5, 5.41) is 3.06. The van der Waals surface area contributed by atoms with Crippen LogP contribution in [0.4, 0.5) is 5.69 Å². The highest BCUT2D eigenvalue weighted by atomic mass is 16.1. The quantitative estimate of drug-likeness (QED) is 0.585. The van der Waals surface area contributed by atoms with E-state index < -0.39 is 0 Å². The zero-order valence-electron chi connectivity index (χ0n) is 8.85. The number of allylic oxidation sites excluding steroid dienone is 1. The first-order chi connectivity index (χ1) is 6.60. The zero-order chi connectivity index (χ0) is 10.7. The fraction of sp³-hybridized carbons (Fsp3) is 0.250. The molecule has 0 radical (unpaired) electrons. The van der Waals surface area contributed by atoms with Gasteiger partial charge in [-0.25, -0.2) is 0 Å². The van der Waals surface area contributed by atoms with Crippen molar-refractivity contribution in [2.24, 2.45) is 0 Å². The lowest BCUT2D eigenvalue weighted by molar-refractivity contribution is -0.103. The highest BCUT2D eigenvalue weighted by Gasteiger charge is 2.06. The Labute approximate surface area is 84.6 Å². The van der Waals surface area contributed by atoms with Crippen molar-refractivity contribution in [2.45, 2.75) is 13.8 Å². The monoisotopic (exact) mass is 189 g/mol. The van der Waals surface area contributed by atoms with Gasteiger partial charge >= 0.3 is 0 Å². The summed E-state index contributed by atoms with van der Waals surface area (Å²) in [5.74, 6) is 0. The highest BCUT2D eigenvalue weighted by molar-refractivity contribution is 6.08. The van der Waals surface area contributed by atoms with Crippen molar-refractivity contribution in [1.29, 1.82) is 0 Å². The molecule has 0 aliphatic carbocycles. The normalized spacial score (nSPS) is 9.64. The van der Waals surface area contributed by atoms with E-state index in [-0.39, 0.29) is 0 Å². The Morgan fingerprint density at radius 2 is 1.93 bits per heavy atom. The Kier molecular flexibility index (Phi) is 3.07. The van der Waals surface area contributed by atoms with Crippen molar-refractivity contribution in [2.75, 3.05) is 12.4 Å². The summed E-state index contributed by atoms with van der Waals surface area (Å²) in [5.41, 5.74) is 4.71. The second kappa shape index (κ2) is 4.09. The maximum atomic E-state index is 10.6. The molecule has 1 rings (SSSR count). The van der Waals surface area contributed by atoms with Gasteiger partial charge in [-0.2, -0.15) is 0 Å². The van der Waals surface area contributed by atoms with Crippen LogP contribution in [0.25, 0.3) is 5.57 Å². The predicted molar refractivity (Wildman–Crippen MR) is 60.6 cm³/mol. The molecule has 0 saturated heterocycles. The molecule has 0 saturated carbocycles. The average Bonchev–Trinajstić information content (AvgIpc) is 2.20. The van der Waals surface area contributed by atoms with Crippen LogP contribution in [0, 0.1) is 13.8 Å². The van der Waals surface area contributed by atoms with Gasteiger partial charge in [0.1, 0.15) is 6.29 Å². The molecule has 0 aromatic heterocycles. The molecule has 1 aromatic carbocycles. The lowest BCUT2D eigenvalue weighted by atomic mass is 10.00. The number of nitrogens with one attached hydrogen (secondary N) is 1. The molecule has 74 valence electrons. The van der Waals surface area contributed by atoms with Gasteiger partial charge in [-0.15, -0.1) is 0 Å². The third kappa shape index (κ3) is 1.84. The van der Waals surface area contributed by atoms with Crippen molar-refractivity contribution in [3.05, 3.63) is 35.4 Å². The number of hydrogen-bond acceptors (Lipinski definition) is 2. The van der Waals surface area contributed by atoms with E-state index in [0.29, 0.717) is 5.57 Å². The van der Waals surface area contributed by atoms with Gasteiger partial charge in [-0.1, -0.05) is 6.58 Å². The first-order valence-corrected chi connectivity index (χ1v) is 4.53. The van der Waals surface area contributed by atoms with E-state index in [1.54, 1.807) is 0 Å². The number of carbonyl (C=O) groups is 1. The van der Waals surface area contributed by atoms with Gasteiger partial charge in [-0.05, 0) is 37.1 Å². The summed E-state index contributed by atoms with van der Waals surface area (Å²) in [6.07, 6.45) is 0.783. The molecule has 14 heavy (non-hydrogen) atoms. The molecule has 1 N–H and O–H groups in total. The summed E-state index contributed by atoms with van der Waals surface area (Å²) < 4.78 is 0. The van der Waals surface area contributed by atoms with E-state index in [0.717, 1.165) is 17.5 Å². The smallest absolute Gasteiger partial charge is 0.150 e. The van der Waals surface area contributed by atoms with Crippen LogP contribution in [-0.4, -0.2) is 13.3 Å². The molecule has 0 aliphatic heterocycles. The largest absolute Gasteiger partial charge is 0.388 e. The topological polar surface area (TPSA) is 29.1 Å². The average molecular weight is 189 g/mol. The molecule has 1 aromatic rings. The number of aldehydes is 1. The van der Waals surface area contributed by atoms with E-state index in [4.69, 9.17) is 0 Å². The van der Waals surface area contributed by atoms with E-state index in [9.17, 15) is 4.79 Å². The molecule has 2 nitrogen and oxygen atoms in total. The lowest BCUT2D eigenvalue weighted by Gasteiger charge is -2.11. The fourth-order valence-electron chi connectivity index (χ4n) is 1.35. The molecular weight excluding hydrogens is 174 g/mol. The molecule has 0 heterocycles. The van der Waals surface area contributed by atoms with Crippen LogP contribution in [0.5, 0.6) is 0 Å². The van der Waals surface area contributed by atoms with E-state index in [1.807, 2.05) is 33.0 Å². The SMILES string of the molecule is C=C(C=O)c1cc(C)c(C)cc1NC. The van der Waals surface area contributed by atoms with E-state index in [2.05, 4.69) is 11.9 Å². The first-order valence-electron chi connectivity index (χ1n) is 4.53. The lowest BCUT2D eigenvalue weighted by Crippen LogP contribution is -1.97. The maximum absolute atomic E-state index is 10.6. The van der Waals surface area contributed by atoms with Crippen molar-refractivity contribution < 1.29 is 4.79 Å². The van der Waals surface area contributed by atoms with Crippen molar-refractivity contribution in [3.8, 4) is 0 Å². The van der Waals surface area contributed by atoms with Gasteiger partial charge in [0, 0.05) is 23.9 Å². The Morgan fingerprint density at radius 3 is 2.43 bits per heavy atom. The molecule has 2 heteroatoms. The highest BCUT2D eigenvalue weighted by Crippen LogP contribution is 2.25. The van der Waals surface area contributed by atoms with Crippen LogP contribution < -0.4 is 5.32 Å². The summed E-state index contributed by atoms with van der Waals surface area (Å²) in [6.45, 7) is 7.78. The van der Waals surface area contributed by atoms with Gasteiger partial charge in [0.2, 0.25) is 0 Å². The Balaban J connectivity index is 3.33. The Morgan fingerprint density at radius 1 is 1.36 bits per heavy atom. The zero-order valence-corrected chi connectivity index (χ0v) is 8.85. The van der Waals surface area contributed by atoms with Crippen LogP contribution >= 0.6 is 0 Å². The van der Waals surface area contributed by atoms with Crippen LogP contribution in [0.15, 0.2) is 18.7 Å². The molecule has 0 aliphatic rings. The van der Waals surface area contributed by atoms with Crippen LogP contribution in [0.2, 0.25) is 0 Å². The first kappa shape index (κ1) is 10.5. The predicted octanol–water partition coefficient (Wildman–Crippen LogP) is 2.56. The number of carbonyl (C=O) groups excluding carboxylic acids is 1. The van der Waals surface area contributed by atoms with Crippen LogP contribution in [-0.2, 0) is 4.79 Å². The van der Waals surface area contributed by atoms with Gasteiger partial charge in [0.05, 0.1) is 0 Å². The van der Waals surface area contributed by atoms with Crippen molar-refractivity contribution in [3.63, 3.8) is 0 Å². The number of anilines is 1. The molecule has 0 unspecified atom stereocenters. The van der Waals surface area contributed by atoms with Crippen molar-refractivity contribution in [1.82, 2.24) is 0 Å². The van der Waals surface area contributed by atoms with Gasteiger partial charge in [-0.3, -0.25) is 4.79 Å². The maximum Gasteiger partial charge on any atom is 0.150 e. The Bertz CT molecular complexity index is 380. The minimum Gasteiger partial charge on any atom is -0.388 e. The fourth-order valence-corrected chi connectivity index (χ4v) is 1.35. The minimum absolute atomic E-state index is 0.512. The van der Waals surface area contributed by atoms with E-state index >= 15 is 0 Å². The third-order valence-corrected chi connectivity index (χ3v) is 2.39. The molecular formula is C12H15NO. The molecule has 0 fully saturated rings. The number of rotatable bonds is 3. The second-order valence-electron chi connectivity index (χ2n) is 3.38. The van der Waals surface area contributed by atoms with Crippen molar-refractivity contribution >= 4 is 17.5 Å². The second-order valence-corrected chi connectivity index (χ2v) is 3.38. The third-order valence-electron chi connectivity index (χ3n) is 2.39. The van der Waals surface area contributed by atoms with Crippen LogP contribution in [0.3, 0.4) is 0 Å². The number of hydrogen-bond donors (Lipinski definition) is 1. The summed E-state index contributed by atoms with van der Waals surface area (Å²) in [6, 6.07) is 4.01. The van der Waals surface area contributed by atoms with Gasteiger partial charge in [0.15, 0.2) is 0 Å². The minimum atomic E-state index is 0.512. The number of benzene rings is 1. The van der Waals surface area contributed by atoms with E-state index in [1.165, 1.54) is 11.1 Å². The Hall–Kier alpha value is -1.57. The summed E-state index contributed by atoms with van der Waals surface area (Å²) in [4.78, 5) is 10.6. The number of aryl methyl sites for hydroxylation is 2. The molecule has 0 amide bonds. The summed E-state index contributed by atoms with van der Waals surface area (Å²) >= 11 is 0. The van der Waals surface area contributed by atoms with Gasteiger partial charge in [0.25, 0.3) is 0 Å². The molecule has 0 atom stereocenters. The van der Waals surface area contributed by atoms with Gasteiger partial charge < -0.3 is 5.32 Å². The standard InChI is InChI=1S/C12H15NO/c1-8-5-11(10(3)7-14)12(13-4)6-9(8)2/h5-7,13H,3H2,1-2,4H3. The van der Waals surface area contributed by atoms with Crippen LogP contribution in [0.1, 0.15) is 16.7 Å². The molecule has 0 bridgehead atoms. The molecule has 0 spiro atoms.